The van der Waals surface area contributed by atoms with Gasteiger partial charge in [0.25, 0.3) is 0 Å². The largest absolute Gasteiger partial charge is 0.472 e. The predicted molar refractivity (Wildman–Crippen MR) is 395 cm³/mol. The summed E-state index contributed by atoms with van der Waals surface area (Å²) in [7, 11) is -9.91. The molecule has 0 aliphatic heterocycles. The molecule has 2 unspecified atom stereocenters. The molecular formula is C78H152O17P2. The van der Waals surface area contributed by atoms with E-state index in [0.717, 1.165) is 115 Å². The van der Waals surface area contributed by atoms with Crippen molar-refractivity contribution in [1.29, 1.82) is 0 Å². The molecule has 0 radical (unpaired) electrons. The zero-order valence-corrected chi connectivity index (χ0v) is 65.2. The maximum Gasteiger partial charge on any atom is 0.472 e. The smallest absolute Gasteiger partial charge is 0.462 e. The van der Waals surface area contributed by atoms with E-state index in [1.807, 2.05) is 0 Å². The van der Waals surface area contributed by atoms with E-state index in [0.29, 0.717) is 25.7 Å². The molecule has 0 rings (SSSR count). The standard InChI is InChI=1S/C78H152O17P2/c1-7-9-11-13-15-16-17-18-27-33-38-44-50-56-62-77(82)94-73(66-88-75(80)60-54-48-40-14-12-10-8-2)68-92-96(84,85)90-64-72(79)65-91-97(86,87)93-69-74(95-78(83)63-57-51-45-39-34-29-24-20-22-26-31-36-42-47-53-59-71(5)6)67-89-76(81)61-55-49-43-37-32-28-23-19-21-25-30-35-41-46-52-58-70(3)4/h70-74,79H,7-69H2,1-6H3,(H,84,85)(H,86,87)/t72-,73+,74+/m0/s1. The molecule has 576 valence electrons. The van der Waals surface area contributed by atoms with Crippen molar-refractivity contribution >= 4 is 39.5 Å². The van der Waals surface area contributed by atoms with Crippen molar-refractivity contribution in [2.45, 2.75) is 426 Å². The molecule has 19 heteroatoms. The van der Waals surface area contributed by atoms with Crippen molar-refractivity contribution in [3.63, 3.8) is 0 Å². The van der Waals surface area contributed by atoms with Crippen molar-refractivity contribution in [2.75, 3.05) is 39.6 Å². The maximum atomic E-state index is 13.1. The molecule has 0 saturated carbocycles. The molecule has 0 bridgehead atoms. The SMILES string of the molecule is CCCCCCCCCCCCCCCCC(=O)O[C@H](COC(=O)CCCCCCCCC)COP(=O)(O)OC[C@H](O)COP(=O)(O)OC[C@@H](COC(=O)CCCCCCCCCCCCCCCCCC(C)C)OC(=O)CCCCCCCCCCCCCCCCCC(C)C. The first-order valence-electron chi connectivity index (χ1n) is 40.5. The molecule has 97 heavy (non-hydrogen) atoms. The monoisotopic (exact) mass is 1420 g/mol. The first kappa shape index (κ1) is 95.1. The highest BCUT2D eigenvalue weighted by molar-refractivity contribution is 7.47. The van der Waals surface area contributed by atoms with Gasteiger partial charge in [0.05, 0.1) is 26.4 Å². The van der Waals surface area contributed by atoms with Gasteiger partial charge in [-0.3, -0.25) is 37.3 Å². The number of carbonyl (C=O) groups excluding carboxylic acids is 4. The van der Waals surface area contributed by atoms with Crippen LogP contribution in [0.2, 0.25) is 0 Å². The van der Waals surface area contributed by atoms with Crippen LogP contribution in [0.5, 0.6) is 0 Å². The molecule has 5 atom stereocenters. The summed E-state index contributed by atoms with van der Waals surface area (Å²) in [4.78, 5) is 72.8. The summed E-state index contributed by atoms with van der Waals surface area (Å²) in [5, 5.41) is 10.6. The normalized spacial score (nSPS) is 14.0. The van der Waals surface area contributed by atoms with Gasteiger partial charge in [-0.1, -0.05) is 356 Å². The molecule has 0 fully saturated rings. The molecule has 17 nitrogen and oxygen atoms in total. The van der Waals surface area contributed by atoms with E-state index in [-0.39, 0.29) is 25.7 Å². The third-order valence-corrected chi connectivity index (χ3v) is 20.1. The zero-order valence-electron chi connectivity index (χ0n) is 63.4. The van der Waals surface area contributed by atoms with E-state index in [1.165, 1.54) is 212 Å². The van der Waals surface area contributed by atoms with Gasteiger partial charge in [-0.25, -0.2) is 9.13 Å². The highest BCUT2D eigenvalue weighted by atomic mass is 31.2. The molecule has 0 amide bonds. The maximum absolute atomic E-state index is 13.1. The van der Waals surface area contributed by atoms with Crippen LogP contribution >= 0.6 is 15.6 Å². The van der Waals surface area contributed by atoms with Crippen LogP contribution in [0.1, 0.15) is 408 Å². The van der Waals surface area contributed by atoms with E-state index < -0.39 is 97.5 Å². The number of ether oxygens (including phenoxy) is 4. The van der Waals surface area contributed by atoms with Crippen LogP contribution in [0.3, 0.4) is 0 Å². The lowest BCUT2D eigenvalue weighted by atomic mass is 10.0. The van der Waals surface area contributed by atoms with Gasteiger partial charge in [0.2, 0.25) is 0 Å². The van der Waals surface area contributed by atoms with E-state index in [2.05, 4.69) is 41.5 Å². The van der Waals surface area contributed by atoms with Gasteiger partial charge >= 0.3 is 39.5 Å². The fraction of sp³-hybridized carbons (Fsp3) is 0.949. The van der Waals surface area contributed by atoms with Crippen molar-refractivity contribution in [3.8, 4) is 0 Å². The van der Waals surface area contributed by atoms with Gasteiger partial charge in [-0.2, -0.15) is 0 Å². The second kappa shape index (κ2) is 69.8. The predicted octanol–water partition coefficient (Wildman–Crippen LogP) is 23.1. The molecule has 0 aliphatic carbocycles. The average molecular weight is 1420 g/mol. The van der Waals surface area contributed by atoms with E-state index >= 15 is 0 Å². The number of aliphatic hydroxyl groups excluding tert-OH is 1. The van der Waals surface area contributed by atoms with Crippen molar-refractivity contribution in [3.05, 3.63) is 0 Å². The second-order valence-corrected chi connectivity index (χ2v) is 32.0. The summed E-state index contributed by atoms with van der Waals surface area (Å²) < 4.78 is 68.5. The van der Waals surface area contributed by atoms with Crippen LogP contribution in [-0.4, -0.2) is 96.7 Å². The Kier molecular flexibility index (Phi) is 68.4. The van der Waals surface area contributed by atoms with E-state index in [9.17, 15) is 43.2 Å². The molecule has 0 aromatic heterocycles. The van der Waals surface area contributed by atoms with Crippen LogP contribution in [0.4, 0.5) is 0 Å². The topological polar surface area (TPSA) is 237 Å². The Balaban J connectivity index is 5.19. The minimum absolute atomic E-state index is 0.108. The van der Waals surface area contributed by atoms with Gasteiger partial charge in [-0.15, -0.1) is 0 Å². The number of hydrogen-bond acceptors (Lipinski definition) is 15. The summed E-state index contributed by atoms with van der Waals surface area (Å²) in [6.45, 7) is 9.63. The lowest BCUT2D eigenvalue weighted by molar-refractivity contribution is -0.161. The Labute approximate surface area is 594 Å². The molecule has 0 saturated heterocycles. The Morgan fingerprint density at radius 2 is 0.474 bits per heavy atom. The number of phosphoric ester groups is 2. The Hall–Kier alpha value is -1.94. The third kappa shape index (κ3) is 72.2. The minimum atomic E-state index is -4.96. The van der Waals surface area contributed by atoms with Crippen LogP contribution in [0.25, 0.3) is 0 Å². The van der Waals surface area contributed by atoms with Gasteiger partial charge < -0.3 is 33.8 Å². The van der Waals surface area contributed by atoms with Gasteiger partial charge in [-0.05, 0) is 37.5 Å². The highest BCUT2D eigenvalue weighted by Gasteiger charge is 2.30. The number of rotatable bonds is 77. The number of phosphoric acid groups is 2. The van der Waals surface area contributed by atoms with E-state index in [4.69, 9.17) is 37.0 Å². The Morgan fingerprint density at radius 3 is 0.701 bits per heavy atom. The molecule has 0 heterocycles. The molecule has 0 aliphatic rings. The summed E-state index contributed by atoms with van der Waals surface area (Å²) in [6.07, 6.45) is 58.3. The van der Waals surface area contributed by atoms with Crippen molar-refractivity contribution in [2.24, 2.45) is 11.8 Å². The summed E-state index contributed by atoms with van der Waals surface area (Å²) in [5.41, 5.74) is 0. The lowest BCUT2D eigenvalue weighted by Gasteiger charge is -2.21. The Morgan fingerprint density at radius 1 is 0.278 bits per heavy atom. The van der Waals surface area contributed by atoms with Crippen LogP contribution < -0.4 is 0 Å². The summed E-state index contributed by atoms with van der Waals surface area (Å²) >= 11 is 0. The number of unbranched alkanes of at least 4 members (excludes halogenated alkanes) is 47. The minimum Gasteiger partial charge on any atom is -0.462 e. The van der Waals surface area contributed by atoms with E-state index in [1.54, 1.807) is 0 Å². The molecule has 3 N–H and O–H groups in total. The fourth-order valence-electron chi connectivity index (χ4n) is 12.0. The van der Waals surface area contributed by atoms with Gasteiger partial charge in [0.1, 0.15) is 19.3 Å². The number of carbonyl (C=O) groups is 4. The molecule has 0 aromatic rings. The van der Waals surface area contributed by atoms with Gasteiger partial charge in [0, 0.05) is 25.7 Å². The highest BCUT2D eigenvalue weighted by Crippen LogP contribution is 2.45. The average Bonchev–Trinajstić information content (AvgIpc) is 3.69. The van der Waals surface area contributed by atoms with Crippen molar-refractivity contribution < 1.29 is 80.2 Å². The molecule has 0 spiro atoms. The lowest BCUT2D eigenvalue weighted by Crippen LogP contribution is -2.30. The summed E-state index contributed by atoms with van der Waals surface area (Å²) in [6, 6.07) is 0. The molecule has 0 aromatic carbocycles. The first-order valence-corrected chi connectivity index (χ1v) is 43.5. The third-order valence-electron chi connectivity index (χ3n) is 18.2. The van der Waals surface area contributed by atoms with Crippen molar-refractivity contribution in [1.82, 2.24) is 0 Å². The summed E-state index contributed by atoms with van der Waals surface area (Å²) in [5.74, 6) is -0.507. The number of hydrogen-bond donors (Lipinski definition) is 3. The molecular weight excluding hydrogens is 1270 g/mol. The quantitative estimate of drug-likeness (QED) is 0.0222. The van der Waals surface area contributed by atoms with Gasteiger partial charge in [0.15, 0.2) is 12.2 Å². The Bertz CT molecular complexity index is 1870. The second-order valence-electron chi connectivity index (χ2n) is 29.1. The first-order chi connectivity index (χ1) is 46.9. The number of aliphatic hydroxyl groups is 1. The zero-order chi connectivity index (χ0) is 71.4. The number of esters is 4. The van der Waals surface area contributed by atoms with Crippen LogP contribution in [0, 0.1) is 11.8 Å². The van der Waals surface area contributed by atoms with Crippen LogP contribution in [0.15, 0.2) is 0 Å². The fourth-order valence-corrected chi connectivity index (χ4v) is 13.6. The van der Waals surface area contributed by atoms with Crippen LogP contribution in [-0.2, 0) is 65.4 Å².